The number of carbonyl (C=O) groups excluding carboxylic acids is 2. The zero-order chi connectivity index (χ0) is 20.9. The molecule has 2 aromatic rings. The van der Waals surface area contributed by atoms with Gasteiger partial charge >= 0.3 is 12.2 Å². The van der Waals surface area contributed by atoms with E-state index in [0.717, 1.165) is 24.9 Å². The highest BCUT2D eigenvalue weighted by Crippen LogP contribution is 2.28. The molecular weight excluding hydrogens is 368 g/mol. The number of amides is 2. The molecule has 2 aromatic carbocycles. The lowest BCUT2D eigenvalue weighted by atomic mass is 9.91. The minimum Gasteiger partial charge on any atom is -0.444 e. The molecule has 1 saturated heterocycles. The van der Waals surface area contributed by atoms with Gasteiger partial charge in [-0.2, -0.15) is 0 Å². The van der Waals surface area contributed by atoms with E-state index in [1.807, 2.05) is 63.2 Å². The summed E-state index contributed by atoms with van der Waals surface area (Å²) >= 11 is 0. The molecule has 0 spiro atoms. The number of nitrogens with zero attached hydrogens (tertiary/aromatic N) is 1. The molecule has 1 aliphatic rings. The summed E-state index contributed by atoms with van der Waals surface area (Å²) in [7, 11) is 0. The lowest BCUT2D eigenvalue weighted by Gasteiger charge is -2.34. The highest BCUT2D eigenvalue weighted by molar-refractivity contribution is 5.86. The summed E-state index contributed by atoms with van der Waals surface area (Å²) in [6.07, 6.45) is 1.16. The quantitative estimate of drug-likeness (QED) is 0.753. The first-order chi connectivity index (χ1) is 13.8. The number of ether oxygens (including phenoxy) is 2. The van der Waals surface area contributed by atoms with Crippen LogP contribution in [-0.4, -0.2) is 35.8 Å². The highest BCUT2D eigenvalue weighted by Gasteiger charge is 2.28. The van der Waals surface area contributed by atoms with Crippen LogP contribution < -0.4 is 10.1 Å². The van der Waals surface area contributed by atoms with E-state index in [9.17, 15) is 9.59 Å². The molecule has 1 aliphatic heterocycles. The van der Waals surface area contributed by atoms with Crippen molar-refractivity contribution in [3.63, 3.8) is 0 Å². The first-order valence-corrected chi connectivity index (χ1v) is 9.92. The third-order valence-corrected chi connectivity index (χ3v) is 4.66. The maximum Gasteiger partial charge on any atom is 0.417 e. The molecule has 1 unspecified atom stereocenters. The van der Waals surface area contributed by atoms with Gasteiger partial charge in [-0.3, -0.25) is 5.32 Å². The number of hydrogen-bond acceptors (Lipinski definition) is 4. The summed E-state index contributed by atoms with van der Waals surface area (Å²) in [6, 6.07) is 16.6. The van der Waals surface area contributed by atoms with Crippen LogP contribution in [0.3, 0.4) is 0 Å². The van der Waals surface area contributed by atoms with Crippen molar-refractivity contribution >= 4 is 17.9 Å². The molecule has 3 rings (SSSR count). The van der Waals surface area contributed by atoms with Crippen molar-refractivity contribution in [2.24, 2.45) is 0 Å². The van der Waals surface area contributed by atoms with Crippen molar-refractivity contribution in [3.05, 3.63) is 60.2 Å². The third kappa shape index (κ3) is 6.24. The van der Waals surface area contributed by atoms with E-state index in [-0.39, 0.29) is 12.0 Å². The van der Waals surface area contributed by atoms with Gasteiger partial charge in [0, 0.05) is 24.7 Å². The Hall–Kier alpha value is -3.02. The first kappa shape index (κ1) is 20.7. The Labute approximate surface area is 171 Å². The van der Waals surface area contributed by atoms with Gasteiger partial charge in [0.15, 0.2) is 0 Å². The summed E-state index contributed by atoms with van der Waals surface area (Å²) < 4.78 is 10.7. The van der Waals surface area contributed by atoms with E-state index < -0.39 is 11.7 Å². The molecule has 154 valence electrons. The van der Waals surface area contributed by atoms with Gasteiger partial charge in [-0.1, -0.05) is 30.3 Å². The molecular formula is C23H28N2O4. The van der Waals surface area contributed by atoms with Crippen molar-refractivity contribution in [2.45, 2.75) is 45.1 Å². The van der Waals surface area contributed by atoms with Crippen LogP contribution >= 0.6 is 0 Å². The average Bonchev–Trinajstić information content (AvgIpc) is 2.68. The molecule has 1 heterocycles. The topological polar surface area (TPSA) is 67.9 Å². The summed E-state index contributed by atoms with van der Waals surface area (Å²) in [4.78, 5) is 26.1. The van der Waals surface area contributed by atoms with Crippen LogP contribution in [0.5, 0.6) is 5.75 Å². The van der Waals surface area contributed by atoms with E-state index in [0.29, 0.717) is 18.0 Å². The zero-order valence-electron chi connectivity index (χ0n) is 17.2. The van der Waals surface area contributed by atoms with Gasteiger partial charge < -0.3 is 14.4 Å². The van der Waals surface area contributed by atoms with Gasteiger partial charge in [0.25, 0.3) is 0 Å². The summed E-state index contributed by atoms with van der Waals surface area (Å²) in [5.41, 5.74) is 1.31. The van der Waals surface area contributed by atoms with Crippen molar-refractivity contribution < 1.29 is 19.1 Å². The number of piperidine rings is 1. The molecule has 0 bridgehead atoms. The molecule has 6 heteroatoms. The van der Waals surface area contributed by atoms with Crippen molar-refractivity contribution in [1.82, 2.24) is 4.90 Å². The second-order valence-corrected chi connectivity index (χ2v) is 8.22. The Morgan fingerprint density at radius 2 is 1.72 bits per heavy atom. The lowest BCUT2D eigenvalue weighted by molar-refractivity contribution is 0.0198. The largest absolute Gasteiger partial charge is 0.444 e. The van der Waals surface area contributed by atoms with Crippen LogP contribution in [0.4, 0.5) is 15.3 Å². The van der Waals surface area contributed by atoms with Crippen LogP contribution in [0.25, 0.3) is 0 Å². The van der Waals surface area contributed by atoms with Crippen molar-refractivity contribution in [2.75, 3.05) is 18.4 Å². The molecule has 2 amide bonds. The number of anilines is 1. The number of carbonyl (C=O) groups is 2. The Morgan fingerprint density at radius 1 is 1.03 bits per heavy atom. The molecule has 0 aromatic heterocycles. The van der Waals surface area contributed by atoms with E-state index in [2.05, 4.69) is 5.32 Å². The van der Waals surface area contributed by atoms with Crippen molar-refractivity contribution in [1.29, 1.82) is 0 Å². The maximum atomic E-state index is 12.4. The Morgan fingerprint density at radius 3 is 2.38 bits per heavy atom. The van der Waals surface area contributed by atoms with Crippen LogP contribution in [0.15, 0.2) is 54.6 Å². The fraction of sp³-hybridized carbons (Fsp3) is 0.391. The van der Waals surface area contributed by atoms with E-state index in [4.69, 9.17) is 9.47 Å². The number of hydrogen-bond donors (Lipinski definition) is 1. The molecule has 6 nitrogen and oxygen atoms in total. The summed E-state index contributed by atoms with van der Waals surface area (Å²) in [5.74, 6) is 0.743. The maximum absolute atomic E-state index is 12.4. The lowest BCUT2D eigenvalue weighted by Crippen LogP contribution is -2.42. The number of benzene rings is 2. The molecule has 0 saturated carbocycles. The fourth-order valence-corrected chi connectivity index (χ4v) is 3.32. The van der Waals surface area contributed by atoms with Crippen LogP contribution in [-0.2, 0) is 4.74 Å². The summed E-state index contributed by atoms with van der Waals surface area (Å²) in [6.45, 7) is 6.98. The van der Waals surface area contributed by atoms with Crippen molar-refractivity contribution in [3.8, 4) is 5.75 Å². The second-order valence-electron chi connectivity index (χ2n) is 8.22. The minimum atomic E-state index is -0.530. The molecule has 1 atom stereocenters. The summed E-state index contributed by atoms with van der Waals surface area (Å²) in [5, 5.41) is 2.73. The SMILES string of the molecule is CC(C)(C)OC(=O)N1CCCC(c2ccc(NC(=O)Oc3ccccc3)cc2)C1. The highest BCUT2D eigenvalue weighted by atomic mass is 16.6. The smallest absolute Gasteiger partial charge is 0.417 e. The predicted octanol–water partition coefficient (Wildman–Crippen LogP) is 5.41. The molecule has 1 N–H and O–H groups in total. The number of rotatable bonds is 3. The molecule has 0 aliphatic carbocycles. The van der Waals surface area contributed by atoms with Crippen LogP contribution in [0.2, 0.25) is 0 Å². The second kappa shape index (κ2) is 8.99. The molecule has 0 radical (unpaired) electrons. The first-order valence-electron chi connectivity index (χ1n) is 9.92. The van der Waals surface area contributed by atoms with Gasteiger partial charge in [-0.05, 0) is 63.4 Å². The fourth-order valence-electron chi connectivity index (χ4n) is 3.32. The minimum absolute atomic E-state index is 0.251. The van der Waals surface area contributed by atoms with Gasteiger partial charge in [0.1, 0.15) is 11.4 Å². The Balaban J connectivity index is 1.56. The van der Waals surface area contributed by atoms with Crippen LogP contribution in [0, 0.1) is 0 Å². The molecule has 29 heavy (non-hydrogen) atoms. The van der Waals surface area contributed by atoms with E-state index in [1.165, 1.54) is 0 Å². The number of likely N-dealkylation sites (tertiary alicyclic amines) is 1. The van der Waals surface area contributed by atoms with Crippen LogP contribution in [0.1, 0.15) is 45.1 Å². The monoisotopic (exact) mass is 396 g/mol. The normalized spacial score (nSPS) is 16.8. The van der Waals surface area contributed by atoms with Gasteiger partial charge in [0.05, 0.1) is 0 Å². The Bertz CT molecular complexity index is 828. The van der Waals surface area contributed by atoms with E-state index >= 15 is 0 Å². The average molecular weight is 396 g/mol. The molecule has 1 fully saturated rings. The third-order valence-electron chi connectivity index (χ3n) is 4.66. The van der Waals surface area contributed by atoms with E-state index in [1.54, 1.807) is 17.0 Å². The number of nitrogens with one attached hydrogen (secondary N) is 1. The predicted molar refractivity (Wildman–Crippen MR) is 112 cm³/mol. The van der Waals surface area contributed by atoms with Gasteiger partial charge in [0.2, 0.25) is 0 Å². The standard InChI is InChI=1S/C23H28N2O4/c1-23(2,3)29-22(27)25-15-7-8-18(16-25)17-11-13-19(14-12-17)24-21(26)28-20-9-5-4-6-10-20/h4-6,9-14,18H,7-8,15-16H2,1-3H3,(H,24,26). The zero-order valence-corrected chi connectivity index (χ0v) is 17.2. The van der Waals surface area contributed by atoms with Gasteiger partial charge in [-0.25, -0.2) is 9.59 Å². The van der Waals surface area contributed by atoms with Gasteiger partial charge in [-0.15, -0.1) is 0 Å². The Kier molecular flexibility index (Phi) is 6.42. The number of para-hydroxylation sites is 1.